The summed E-state index contributed by atoms with van der Waals surface area (Å²) >= 11 is 5.18. The summed E-state index contributed by atoms with van der Waals surface area (Å²) in [6.45, 7) is 7.60. The van der Waals surface area contributed by atoms with Gasteiger partial charge in [-0.25, -0.2) is 0 Å². The fourth-order valence-electron chi connectivity index (χ4n) is 2.25. The van der Waals surface area contributed by atoms with Crippen molar-refractivity contribution < 1.29 is 9.90 Å². The topological polar surface area (TPSA) is 66.6 Å². The molecule has 0 saturated heterocycles. The number of carbonyl (C=O) groups is 1. The van der Waals surface area contributed by atoms with Crippen molar-refractivity contribution in [1.82, 2.24) is 4.90 Å². The van der Waals surface area contributed by atoms with Gasteiger partial charge in [0.05, 0.1) is 22.5 Å². The lowest BCUT2D eigenvalue weighted by Gasteiger charge is -2.41. The predicted octanol–water partition coefficient (Wildman–Crippen LogP) is 2.09. The monoisotopic (exact) mass is 288 g/mol. The third kappa shape index (κ3) is 3.89. The van der Waals surface area contributed by atoms with Crippen LogP contribution in [0.4, 0.5) is 0 Å². The summed E-state index contributed by atoms with van der Waals surface area (Å²) in [6, 6.07) is 0. The van der Waals surface area contributed by atoms with Crippen molar-refractivity contribution in [3.63, 3.8) is 0 Å². The molecular weight excluding hydrogens is 260 g/mol. The van der Waals surface area contributed by atoms with E-state index < -0.39 is 11.0 Å². The number of nitrogens with zero attached hydrogens (tertiary/aromatic N) is 1. The number of hydrogen-bond donors (Lipinski definition) is 2. The molecule has 0 aromatic rings. The second kappa shape index (κ2) is 7.20. The summed E-state index contributed by atoms with van der Waals surface area (Å²) in [5, 5.41) is 9.42. The lowest BCUT2D eigenvalue weighted by Crippen LogP contribution is -2.56. The van der Waals surface area contributed by atoms with Crippen molar-refractivity contribution in [2.24, 2.45) is 11.1 Å². The van der Waals surface area contributed by atoms with Crippen LogP contribution in [0.25, 0.3) is 0 Å². The zero-order valence-corrected chi connectivity index (χ0v) is 13.6. The first-order valence-electron chi connectivity index (χ1n) is 6.88. The SMILES string of the molecule is CCCC(CCC)(C(=O)N(C)C(C)(C)CO)C(N)=S. The van der Waals surface area contributed by atoms with E-state index in [4.69, 9.17) is 18.0 Å². The predicted molar refractivity (Wildman–Crippen MR) is 83.0 cm³/mol. The van der Waals surface area contributed by atoms with E-state index in [1.54, 1.807) is 11.9 Å². The third-order valence-corrected chi connectivity index (χ3v) is 4.22. The molecule has 0 aliphatic carbocycles. The smallest absolute Gasteiger partial charge is 0.235 e. The molecule has 3 N–H and O–H groups in total. The average molecular weight is 288 g/mol. The molecule has 0 aliphatic heterocycles. The van der Waals surface area contributed by atoms with Crippen LogP contribution in [0, 0.1) is 5.41 Å². The van der Waals surface area contributed by atoms with Gasteiger partial charge in [-0.3, -0.25) is 4.79 Å². The lowest BCUT2D eigenvalue weighted by atomic mass is 9.77. The van der Waals surface area contributed by atoms with E-state index in [1.165, 1.54) is 0 Å². The highest BCUT2D eigenvalue weighted by Crippen LogP contribution is 2.34. The molecule has 5 heteroatoms. The minimum Gasteiger partial charge on any atom is -0.394 e. The second-order valence-corrected chi connectivity index (χ2v) is 6.22. The van der Waals surface area contributed by atoms with E-state index in [-0.39, 0.29) is 17.5 Å². The normalized spacial score (nSPS) is 12.3. The molecular formula is C14H28N2O2S. The molecule has 19 heavy (non-hydrogen) atoms. The summed E-state index contributed by atoms with van der Waals surface area (Å²) in [5.41, 5.74) is 4.49. The third-order valence-electron chi connectivity index (χ3n) is 3.83. The van der Waals surface area contributed by atoms with Crippen molar-refractivity contribution in [2.75, 3.05) is 13.7 Å². The number of likely N-dealkylation sites (N-methyl/N-ethyl adjacent to an activating group) is 1. The minimum atomic E-state index is -0.778. The number of rotatable bonds is 8. The molecule has 0 atom stereocenters. The number of carbonyl (C=O) groups excluding carboxylic acids is 1. The minimum absolute atomic E-state index is 0.0808. The standard InChI is InChI=1S/C14H28N2O2S/c1-6-8-14(9-7-2,11(15)19)12(18)16(5)13(3,4)10-17/h17H,6-10H2,1-5H3,(H2,15,19). The highest BCUT2D eigenvalue weighted by molar-refractivity contribution is 7.80. The van der Waals surface area contributed by atoms with Gasteiger partial charge in [-0.05, 0) is 26.7 Å². The van der Waals surface area contributed by atoms with E-state index in [1.807, 2.05) is 27.7 Å². The average Bonchev–Trinajstić information content (AvgIpc) is 2.36. The summed E-state index contributed by atoms with van der Waals surface area (Å²) in [6.07, 6.45) is 2.99. The Kier molecular flexibility index (Phi) is 6.94. The molecule has 4 nitrogen and oxygen atoms in total. The molecule has 112 valence electrons. The van der Waals surface area contributed by atoms with Crippen molar-refractivity contribution in [3.05, 3.63) is 0 Å². The molecule has 0 aromatic carbocycles. The first-order valence-corrected chi connectivity index (χ1v) is 7.29. The Labute approximate surface area is 122 Å². The Bertz CT molecular complexity index is 323. The highest BCUT2D eigenvalue weighted by atomic mass is 32.1. The Hall–Kier alpha value is -0.680. The quantitative estimate of drug-likeness (QED) is 0.671. The fourth-order valence-corrected chi connectivity index (χ4v) is 2.54. The van der Waals surface area contributed by atoms with Crippen molar-refractivity contribution in [2.45, 2.75) is 58.9 Å². The molecule has 0 fully saturated rings. The lowest BCUT2D eigenvalue weighted by molar-refractivity contribution is -0.144. The molecule has 0 rings (SSSR count). The molecule has 1 amide bonds. The zero-order valence-electron chi connectivity index (χ0n) is 12.8. The van der Waals surface area contributed by atoms with Crippen molar-refractivity contribution in [1.29, 1.82) is 0 Å². The van der Waals surface area contributed by atoms with Gasteiger partial charge in [-0.1, -0.05) is 38.9 Å². The van der Waals surface area contributed by atoms with Gasteiger partial charge in [0.15, 0.2) is 0 Å². The summed E-state index contributed by atoms with van der Waals surface area (Å²) in [7, 11) is 1.71. The number of aliphatic hydroxyl groups excluding tert-OH is 1. The van der Waals surface area contributed by atoms with Gasteiger partial charge in [-0.2, -0.15) is 0 Å². The van der Waals surface area contributed by atoms with Crippen LogP contribution in [-0.2, 0) is 4.79 Å². The zero-order chi connectivity index (χ0) is 15.3. The Morgan fingerprint density at radius 1 is 1.26 bits per heavy atom. The van der Waals surface area contributed by atoms with Crippen LogP contribution >= 0.6 is 12.2 Å². The summed E-state index contributed by atoms with van der Waals surface area (Å²) in [5.74, 6) is -0.0808. The van der Waals surface area contributed by atoms with E-state index in [2.05, 4.69) is 0 Å². The molecule has 0 aliphatic rings. The second-order valence-electron chi connectivity index (χ2n) is 5.78. The van der Waals surface area contributed by atoms with Gasteiger partial charge in [0.1, 0.15) is 0 Å². The molecule has 0 spiro atoms. The maximum absolute atomic E-state index is 12.8. The molecule has 0 aromatic heterocycles. The Morgan fingerprint density at radius 3 is 1.95 bits per heavy atom. The Balaban J connectivity index is 5.48. The van der Waals surface area contributed by atoms with Gasteiger partial charge in [0.25, 0.3) is 0 Å². The molecule has 0 saturated carbocycles. The van der Waals surface area contributed by atoms with Gasteiger partial charge in [0, 0.05) is 7.05 Å². The van der Waals surface area contributed by atoms with Gasteiger partial charge >= 0.3 is 0 Å². The number of amides is 1. The maximum Gasteiger partial charge on any atom is 0.235 e. The molecule has 0 heterocycles. The van der Waals surface area contributed by atoms with E-state index >= 15 is 0 Å². The number of hydrogen-bond acceptors (Lipinski definition) is 3. The largest absolute Gasteiger partial charge is 0.394 e. The van der Waals surface area contributed by atoms with Crippen LogP contribution in [0.2, 0.25) is 0 Å². The van der Waals surface area contributed by atoms with Crippen LogP contribution in [0.3, 0.4) is 0 Å². The van der Waals surface area contributed by atoms with Crippen LogP contribution in [0.1, 0.15) is 53.4 Å². The fraction of sp³-hybridized carbons (Fsp3) is 0.857. The van der Waals surface area contributed by atoms with Crippen molar-refractivity contribution >= 4 is 23.1 Å². The van der Waals surface area contributed by atoms with Crippen LogP contribution in [0.5, 0.6) is 0 Å². The first kappa shape index (κ1) is 18.3. The van der Waals surface area contributed by atoms with E-state index in [9.17, 15) is 9.90 Å². The summed E-state index contributed by atoms with van der Waals surface area (Å²) < 4.78 is 0. The van der Waals surface area contributed by atoms with E-state index in [0.717, 1.165) is 12.8 Å². The molecule has 0 unspecified atom stereocenters. The van der Waals surface area contributed by atoms with Gasteiger partial charge in [0.2, 0.25) is 5.91 Å². The van der Waals surface area contributed by atoms with Crippen LogP contribution in [-0.4, -0.2) is 40.1 Å². The first-order chi connectivity index (χ1) is 8.69. The Morgan fingerprint density at radius 2 is 1.68 bits per heavy atom. The molecule has 0 radical (unpaired) electrons. The number of nitrogens with two attached hydrogens (primary N) is 1. The van der Waals surface area contributed by atoms with Crippen LogP contribution in [0.15, 0.2) is 0 Å². The number of thiocarbonyl (C=S) groups is 1. The summed E-state index contributed by atoms with van der Waals surface area (Å²) in [4.78, 5) is 14.7. The number of aliphatic hydroxyl groups is 1. The van der Waals surface area contributed by atoms with Gasteiger partial charge < -0.3 is 15.7 Å². The van der Waals surface area contributed by atoms with E-state index in [0.29, 0.717) is 12.8 Å². The van der Waals surface area contributed by atoms with Gasteiger partial charge in [-0.15, -0.1) is 0 Å². The van der Waals surface area contributed by atoms with Crippen molar-refractivity contribution in [3.8, 4) is 0 Å². The maximum atomic E-state index is 12.8. The van der Waals surface area contributed by atoms with Crippen LogP contribution < -0.4 is 5.73 Å². The molecule has 0 bridgehead atoms. The highest BCUT2D eigenvalue weighted by Gasteiger charge is 2.44.